The summed E-state index contributed by atoms with van der Waals surface area (Å²) >= 11 is 0. The fraction of sp³-hybridized carbons (Fsp3) is 0.516. The molecule has 9 heteroatoms. The normalized spacial score (nSPS) is 14.2. The second-order valence-electron chi connectivity index (χ2n) is 18.4. The van der Waals surface area contributed by atoms with Crippen LogP contribution in [0.4, 0.5) is 0 Å². The Balaban J connectivity index is 4.47. The lowest BCUT2D eigenvalue weighted by Gasteiger charge is -2.25. The zero-order chi connectivity index (χ0) is 53.4. The third kappa shape index (κ3) is 54.3. The van der Waals surface area contributed by atoms with Crippen LogP contribution in [-0.4, -0.2) is 87.4 Å². The van der Waals surface area contributed by atoms with Crippen LogP contribution in [0, 0.1) is 0 Å². The summed E-state index contributed by atoms with van der Waals surface area (Å²) in [5, 5.41) is 9.68. The molecular weight excluding hydrogens is 911 g/mol. The van der Waals surface area contributed by atoms with Crippen molar-refractivity contribution in [2.75, 3.05) is 47.5 Å². The van der Waals surface area contributed by atoms with Crippen molar-refractivity contribution in [3.63, 3.8) is 0 Å². The maximum atomic E-state index is 12.8. The molecule has 1 N–H and O–H groups in total. The van der Waals surface area contributed by atoms with Crippen molar-refractivity contribution < 1.29 is 42.9 Å². The second-order valence-corrected chi connectivity index (χ2v) is 18.4. The summed E-state index contributed by atoms with van der Waals surface area (Å²) in [6.07, 6.45) is 77.2. The summed E-state index contributed by atoms with van der Waals surface area (Å²) < 4.78 is 22.7. The highest BCUT2D eigenvalue weighted by Crippen LogP contribution is 2.10. The van der Waals surface area contributed by atoms with Gasteiger partial charge in [0, 0.05) is 12.8 Å². The number of unbranched alkanes of at least 4 members (excludes halogenated alkanes) is 4. The minimum absolute atomic E-state index is 0.161. The SMILES string of the molecule is CC/C=C\C/C=C\C/C=C\C/C=C\C/C=C\C/C=C\C/C=C\C/C=C\C/C=C\CCCCCC(=O)OC(COC(=O)CCC/C=C\C/C=C\C/C=C\C/C=C\C/C=C\CC)COC(OCC[N+](C)(C)C)C(=O)O. The summed E-state index contributed by atoms with van der Waals surface area (Å²) in [5.74, 6) is -2.16. The first-order valence-corrected chi connectivity index (χ1v) is 27.3. The summed E-state index contributed by atoms with van der Waals surface area (Å²) in [7, 11) is 5.92. The standard InChI is InChI=1S/C64H97NO8/c1-6-8-10-12-14-16-18-20-22-24-25-26-27-28-29-30-31-32-33-34-35-36-37-39-41-43-45-47-49-51-53-55-62(67)73-60(59-72-64(63(68)69)70-57-56-65(3,4)5)58-71-61(66)54-52-50-48-46-44-42-40-38-23-21-19-17-15-13-11-9-7-2/h8-11,14-17,20-23,25-26,28-29,31-32,34-35,37,39-40,42-43,45-46,48,60,64H,6-7,12-13,18-19,24,27,30,33,36,38,41,44,47,49-59H2,1-5H3/p+1/b10-8-,11-9-,16-14-,17-15-,22-20-,23-21-,26-25-,29-28-,32-31-,35-34-,39-37-,42-40-,45-43-,48-46-. The molecule has 406 valence electrons. The highest BCUT2D eigenvalue weighted by atomic mass is 16.7. The van der Waals surface area contributed by atoms with E-state index in [4.69, 9.17) is 18.9 Å². The van der Waals surface area contributed by atoms with Crippen molar-refractivity contribution in [2.24, 2.45) is 0 Å². The first kappa shape index (κ1) is 67.6. The van der Waals surface area contributed by atoms with Gasteiger partial charge in [0.15, 0.2) is 6.10 Å². The maximum absolute atomic E-state index is 12.8. The van der Waals surface area contributed by atoms with Gasteiger partial charge in [-0.1, -0.05) is 190 Å². The van der Waals surface area contributed by atoms with Crippen LogP contribution in [0.5, 0.6) is 0 Å². The third-order valence-electron chi connectivity index (χ3n) is 10.5. The van der Waals surface area contributed by atoms with Gasteiger partial charge in [-0.3, -0.25) is 9.59 Å². The number of hydrogen-bond acceptors (Lipinski definition) is 7. The van der Waals surface area contributed by atoms with E-state index in [1.807, 2.05) is 21.1 Å². The van der Waals surface area contributed by atoms with E-state index in [1.54, 1.807) is 0 Å². The molecule has 2 unspecified atom stereocenters. The van der Waals surface area contributed by atoms with Gasteiger partial charge in [0.1, 0.15) is 13.2 Å². The fourth-order valence-corrected chi connectivity index (χ4v) is 6.33. The molecule has 0 aromatic rings. The molecule has 0 heterocycles. The van der Waals surface area contributed by atoms with Gasteiger partial charge >= 0.3 is 17.9 Å². The van der Waals surface area contributed by atoms with Crippen molar-refractivity contribution >= 4 is 17.9 Å². The van der Waals surface area contributed by atoms with Gasteiger partial charge in [-0.25, -0.2) is 4.79 Å². The van der Waals surface area contributed by atoms with Crippen LogP contribution in [0.3, 0.4) is 0 Å². The summed E-state index contributed by atoms with van der Waals surface area (Å²) in [4.78, 5) is 37.3. The Morgan fingerprint density at radius 3 is 1.11 bits per heavy atom. The molecule has 0 aliphatic carbocycles. The van der Waals surface area contributed by atoms with E-state index in [0.29, 0.717) is 23.9 Å². The highest BCUT2D eigenvalue weighted by Gasteiger charge is 2.25. The van der Waals surface area contributed by atoms with E-state index >= 15 is 0 Å². The minimum atomic E-state index is -1.54. The predicted molar refractivity (Wildman–Crippen MR) is 308 cm³/mol. The molecule has 2 atom stereocenters. The van der Waals surface area contributed by atoms with E-state index in [2.05, 4.69) is 184 Å². The number of carbonyl (C=O) groups excluding carboxylic acids is 2. The van der Waals surface area contributed by atoms with E-state index in [1.165, 1.54) is 0 Å². The van der Waals surface area contributed by atoms with E-state index in [9.17, 15) is 19.5 Å². The predicted octanol–water partition coefficient (Wildman–Crippen LogP) is 16.0. The zero-order valence-corrected chi connectivity index (χ0v) is 46.0. The van der Waals surface area contributed by atoms with Crippen molar-refractivity contribution in [3.05, 3.63) is 170 Å². The average molecular weight is 1010 g/mol. The maximum Gasteiger partial charge on any atom is 0.361 e. The van der Waals surface area contributed by atoms with Crippen molar-refractivity contribution in [3.8, 4) is 0 Å². The molecule has 0 radical (unpaired) electrons. The van der Waals surface area contributed by atoms with Crippen LogP contribution in [0.2, 0.25) is 0 Å². The lowest BCUT2D eigenvalue weighted by Crippen LogP contribution is -2.40. The monoisotopic (exact) mass is 1010 g/mol. The Bertz CT molecular complexity index is 1790. The zero-order valence-electron chi connectivity index (χ0n) is 46.0. The number of esters is 2. The highest BCUT2D eigenvalue weighted by molar-refractivity contribution is 5.71. The number of ether oxygens (including phenoxy) is 4. The Kier molecular flexibility index (Phi) is 49.1. The Morgan fingerprint density at radius 2 is 0.753 bits per heavy atom. The molecule has 0 aromatic heterocycles. The number of nitrogens with zero attached hydrogens (tertiary/aromatic N) is 1. The molecule has 0 rings (SSSR count). The topological polar surface area (TPSA) is 108 Å². The van der Waals surface area contributed by atoms with Crippen molar-refractivity contribution in [1.82, 2.24) is 0 Å². The van der Waals surface area contributed by atoms with Crippen LogP contribution in [0.15, 0.2) is 170 Å². The number of aliphatic carboxylic acids is 1. The lowest BCUT2D eigenvalue weighted by atomic mass is 10.1. The second kappa shape index (κ2) is 53.0. The molecule has 0 spiro atoms. The number of likely N-dealkylation sites (N-methyl/N-ethyl adjacent to an activating group) is 1. The summed E-state index contributed by atoms with van der Waals surface area (Å²) in [5.41, 5.74) is 0. The number of allylic oxidation sites excluding steroid dienone is 28. The third-order valence-corrected chi connectivity index (χ3v) is 10.5. The molecule has 0 saturated heterocycles. The Morgan fingerprint density at radius 1 is 0.411 bits per heavy atom. The molecule has 0 bridgehead atoms. The largest absolute Gasteiger partial charge is 0.477 e. The lowest BCUT2D eigenvalue weighted by molar-refractivity contribution is -0.870. The van der Waals surface area contributed by atoms with Gasteiger partial charge in [0.05, 0.1) is 34.4 Å². The number of hydrogen-bond donors (Lipinski definition) is 1. The van der Waals surface area contributed by atoms with Crippen molar-refractivity contribution in [1.29, 1.82) is 0 Å². The number of carbonyl (C=O) groups is 3. The average Bonchev–Trinajstić information content (AvgIpc) is 3.36. The molecule has 0 aliphatic heterocycles. The van der Waals surface area contributed by atoms with E-state index in [0.717, 1.165) is 116 Å². The molecule has 0 aromatic carbocycles. The number of carboxylic acids is 1. The van der Waals surface area contributed by atoms with Gasteiger partial charge in [-0.2, -0.15) is 0 Å². The van der Waals surface area contributed by atoms with Crippen LogP contribution < -0.4 is 0 Å². The first-order valence-electron chi connectivity index (χ1n) is 27.3. The van der Waals surface area contributed by atoms with Gasteiger partial charge in [0.2, 0.25) is 0 Å². The first-order chi connectivity index (χ1) is 35.6. The van der Waals surface area contributed by atoms with Crippen LogP contribution in [-0.2, 0) is 33.3 Å². The van der Waals surface area contributed by atoms with E-state index in [-0.39, 0.29) is 32.7 Å². The molecule has 9 nitrogen and oxygen atoms in total. The summed E-state index contributed by atoms with van der Waals surface area (Å²) in [6, 6.07) is 0. The molecule has 0 saturated carbocycles. The van der Waals surface area contributed by atoms with E-state index < -0.39 is 30.3 Å². The molecule has 0 amide bonds. The van der Waals surface area contributed by atoms with Gasteiger partial charge in [-0.05, 0) is 122 Å². The number of rotatable bonds is 47. The van der Waals surface area contributed by atoms with Gasteiger partial charge < -0.3 is 28.5 Å². The van der Waals surface area contributed by atoms with Crippen LogP contribution >= 0.6 is 0 Å². The Labute approximate surface area is 444 Å². The van der Waals surface area contributed by atoms with Crippen LogP contribution in [0.25, 0.3) is 0 Å². The fourth-order valence-electron chi connectivity index (χ4n) is 6.33. The number of quaternary nitrogens is 1. The Hall–Kier alpha value is -5.35. The summed E-state index contributed by atoms with van der Waals surface area (Å²) in [6.45, 7) is 4.49. The molecule has 0 fully saturated rings. The van der Waals surface area contributed by atoms with Crippen molar-refractivity contribution in [2.45, 2.75) is 167 Å². The molecule has 73 heavy (non-hydrogen) atoms. The smallest absolute Gasteiger partial charge is 0.361 e. The molecule has 0 aliphatic rings. The van der Waals surface area contributed by atoms with Gasteiger partial charge in [0.25, 0.3) is 6.29 Å². The van der Waals surface area contributed by atoms with Gasteiger partial charge in [-0.15, -0.1) is 0 Å². The minimum Gasteiger partial charge on any atom is -0.477 e. The molecular formula is C64H98NO8+. The quantitative estimate of drug-likeness (QED) is 0.0211. The van der Waals surface area contributed by atoms with Crippen LogP contribution in [0.1, 0.15) is 155 Å². The number of carboxylic acid groups (broad SMARTS) is 1.